The smallest absolute Gasteiger partial charge is 0.414 e. The number of aromatic nitrogens is 1. The van der Waals surface area contributed by atoms with Gasteiger partial charge in [-0.15, -0.1) is 0 Å². The number of carbonyl (C=O) groups excluding carboxylic acids is 2. The first-order chi connectivity index (χ1) is 15.4. The molecule has 0 saturated carbocycles. The maximum Gasteiger partial charge on any atom is 0.414 e. The molecule has 0 spiro atoms. The fraction of sp³-hybridized carbons (Fsp3) is 0.350. The average molecular weight is 501 g/mol. The molecule has 0 saturated heterocycles. The summed E-state index contributed by atoms with van der Waals surface area (Å²) < 4.78 is 53.0. The average Bonchev–Trinajstić information content (AvgIpc) is 2.74. The van der Waals surface area contributed by atoms with E-state index in [4.69, 9.17) is 21.1 Å². The molecular weight excluding hydrogens is 479 g/mol. The zero-order chi connectivity index (χ0) is 24.5. The van der Waals surface area contributed by atoms with Crippen LogP contribution in [0.15, 0.2) is 45.8 Å². The highest BCUT2D eigenvalue weighted by molar-refractivity contribution is 7.90. The Hall–Kier alpha value is -2.96. The van der Waals surface area contributed by atoms with Crippen molar-refractivity contribution in [2.75, 3.05) is 25.9 Å². The van der Waals surface area contributed by atoms with E-state index in [1.165, 1.54) is 31.3 Å². The monoisotopic (exact) mass is 500 g/mol. The number of halogens is 2. The SMILES string of the molecule is CNS(=O)(=O)Nc1nccc(CC2=C(C)C3=CC(Cl)=C(OC(=O)N(C)C)CC3OC2=O)c1F. The van der Waals surface area contributed by atoms with Gasteiger partial charge >= 0.3 is 12.1 Å². The van der Waals surface area contributed by atoms with Crippen LogP contribution in [0.3, 0.4) is 0 Å². The van der Waals surface area contributed by atoms with E-state index in [0.29, 0.717) is 11.1 Å². The third-order valence-corrected chi connectivity index (χ3v) is 6.38. The maximum atomic E-state index is 14.9. The predicted octanol–water partition coefficient (Wildman–Crippen LogP) is 2.36. The fourth-order valence-electron chi connectivity index (χ4n) is 3.22. The van der Waals surface area contributed by atoms with Gasteiger partial charge in [-0.05, 0) is 35.8 Å². The first-order valence-electron chi connectivity index (χ1n) is 9.68. The van der Waals surface area contributed by atoms with E-state index in [2.05, 4.69) is 4.98 Å². The van der Waals surface area contributed by atoms with E-state index in [0.717, 1.165) is 7.05 Å². The summed E-state index contributed by atoms with van der Waals surface area (Å²) in [7, 11) is 0.226. The van der Waals surface area contributed by atoms with Crippen LogP contribution in [0, 0.1) is 5.82 Å². The van der Waals surface area contributed by atoms with Crippen molar-refractivity contribution in [2.24, 2.45) is 0 Å². The number of anilines is 1. The van der Waals surface area contributed by atoms with Crippen LogP contribution in [0.5, 0.6) is 0 Å². The standard InChI is InChI=1S/C20H22ClFN4O6S/c1-10-12-8-14(21)16(32-20(28)26(3)4)9-15(12)31-19(27)13(10)7-11-5-6-24-18(17(11)22)25-33(29,30)23-2/h5-6,8,15,23H,7,9H2,1-4H3,(H,24,25). The van der Waals surface area contributed by atoms with E-state index >= 15 is 0 Å². The molecule has 10 nitrogen and oxygen atoms in total. The molecule has 0 bridgehead atoms. The van der Waals surface area contributed by atoms with Crippen molar-refractivity contribution in [3.8, 4) is 0 Å². The van der Waals surface area contributed by atoms with Crippen LogP contribution in [0.25, 0.3) is 0 Å². The molecule has 1 aliphatic carbocycles. The number of nitrogens with one attached hydrogen (secondary N) is 2. The van der Waals surface area contributed by atoms with Gasteiger partial charge in [0.1, 0.15) is 11.9 Å². The Balaban J connectivity index is 1.93. The summed E-state index contributed by atoms with van der Waals surface area (Å²) in [5.41, 5.74) is 1.37. The lowest BCUT2D eigenvalue weighted by Gasteiger charge is -2.32. The Morgan fingerprint density at radius 2 is 2.12 bits per heavy atom. The molecule has 0 aromatic carbocycles. The Morgan fingerprint density at radius 3 is 2.76 bits per heavy atom. The molecule has 33 heavy (non-hydrogen) atoms. The van der Waals surface area contributed by atoms with Gasteiger partial charge in [0.2, 0.25) is 0 Å². The van der Waals surface area contributed by atoms with Crippen LogP contribution in [0.4, 0.5) is 15.0 Å². The molecular formula is C20H22ClFN4O6S. The number of hydrogen-bond acceptors (Lipinski definition) is 7. The molecule has 0 radical (unpaired) electrons. The van der Waals surface area contributed by atoms with Gasteiger partial charge in [0.15, 0.2) is 11.6 Å². The second-order valence-electron chi connectivity index (χ2n) is 7.45. The van der Waals surface area contributed by atoms with Gasteiger partial charge < -0.3 is 14.4 Å². The van der Waals surface area contributed by atoms with Crippen LogP contribution in [-0.4, -0.2) is 57.6 Å². The normalized spacial score (nSPS) is 18.4. The Bertz CT molecular complexity index is 1210. The van der Waals surface area contributed by atoms with Gasteiger partial charge in [0, 0.05) is 45.8 Å². The second kappa shape index (κ2) is 9.49. The number of allylic oxidation sites excluding steroid dienone is 2. The number of carbonyl (C=O) groups is 2. The van der Waals surface area contributed by atoms with E-state index < -0.39 is 40.0 Å². The zero-order valence-electron chi connectivity index (χ0n) is 18.2. The number of hydrogen-bond donors (Lipinski definition) is 2. The summed E-state index contributed by atoms with van der Waals surface area (Å²) in [5.74, 6) is -1.91. The third-order valence-electron chi connectivity index (χ3n) is 5.06. The molecule has 2 heterocycles. The lowest BCUT2D eigenvalue weighted by atomic mass is 9.87. The van der Waals surface area contributed by atoms with Gasteiger partial charge in [-0.1, -0.05) is 11.6 Å². The van der Waals surface area contributed by atoms with Crippen LogP contribution in [0.2, 0.25) is 0 Å². The van der Waals surface area contributed by atoms with Crippen LogP contribution < -0.4 is 9.44 Å². The van der Waals surface area contributed by atoms with Crippen molar-refractivity contribution in [1.29, 1.82) is 0 Å². The topological polar surface area (TPSA) is 127 Å². The minimum Gasteiger partial charge on any atom is -0.454 e. The summed E-state index contributed by atoms with van der Waals surface area (Å²) >= 11 is 6.29. The van der Waals surface area contributed by atoms with E-state index in [1.54, 1.807) is 13.0 Å². The van der Waals surface area contributed by atoms with Crippen molar-refractivity contribution in [1.82, 2.24) is 14.6 Å². The van der Waals surface area contributed by atoms with Crippen molar-refractivity contribution in [3.63, 3.8) is 0 Å². The Labute approximate surface area is 195 Å². The quantitative estimate of drug-likeness (QED) is 0.574. The minimum atomic E-state index is -3.98. The number of rotatable bonds is 6. The molecule has 1 amide bonds. The van der Waals surface area contributed by atoms with Crippen molar-refractivity contribution >= 4 is 39.7 Å². The molecule has 3 rings (SSSR count). The third kappa shape index (κ3) is 5.34. The van der Waals surface area contributed by atoms with Gasteiger partial charge in [-0.2, -0.15) is 8.42 Å². The fourth-order valence-corrected chi connectivity index (χ4v) is 3.95. The lowest BCUT2D eigenvalue weighted by Crippen LogP contribution is -2.33. The van der Waals surface area contributed by atoms with Crippen molar-refractivity contribution in [2.45, 2.75) is 25.9 Å². The van der Waals surface area contributed by atoms with Gasteiger partial charge in [0.25, 0.3) is 10.2 Å². The molecule has 0 fully saturated rings. The second-order valence-corrected chi connectivity index (χ2v) is 9.48. The zero-order valence-corrected chi connectivity index (χ0v) is 19.8. The molecule has 178 valence electrons. The Morgan fingerprint density at radius 1 is 1.42 bits per heavy atom. The molecule has 1 aliphatic heterocycles. The van der Waals surface area contributed by atoms with E-state index in [1.807, 2.05) is 9.44 Å². The molecule has 1 unspecified atom stereocenters. The summed E-state index contributed by atoms with van der Waals surface area (Å²) in [6.45, 7) is 1.68. The molecule has 2 N–H and O–H groups in total. The molecule has 2 aliphatic rings. The molecule has 1 atom stereocenters. The lowest BCUT2D eigenvalue weighted by molar-refractivity contribution is -0.143. The van der Waals surface area contributed by atoms with E-state index in [-0.39, 0.29) is 34.8 Å². The van der Waals surface area contributed by atoms with Gasteiger partial charge in [0.05, 0.1) is 5.03 Å². The number of pyridine rings is 1. The molecule has 1 aromatic heterocycles. The highest BCUT2D eigenvalue weighted by Gasteiger charge is 2.36. The summed E-state index contributed by atoms with van der Waals surface area (Å²) in [6.07, 6.45) is 1.35. The van der Waals surface area contributed by atoms with Gasteiger partial charge in [-0.3, -0.25) is 4.72 Å². The first kappa shape index (κ1) is 24.7. The summed E-state index contributed by atoms with van der Waals surface area (Å²) in [6, 6.07) is 1.34. The summed E-state index contributed by atoms with van der Waals surface area (Å²) in [4.78, 5) is 29.5. The number of esters is 1. The van der Waals surface area contributed by atoms with Crippen LogP contribution in [0.1, 0.15) is 18.9 Å². The largest absolute Gasteiger partial charge is 0.454 e. The Kier molecular flexibility index (Phi) is 7.10. The number of nitrogens with zero attached hydrogens (tertiary/aromatic N) is 2. The minimum absolute atomic E-state index is 0.0437. The first-order valence-corrected chi connectivity index (χ1v) is 11.5. The predicted molar refractivity (Wildman–Crippen MR) is 118 cm³/mol. The number of ether oxygens (including phenoxy) is 2. The molecule has 13 heteroatoms. The number of fused-ring (bicyclic) bond motifs is 1. The maximum absolute atomic E-state index is 14.9. The van der Waals surface area contributed by atoms with Gasteiger partial charge in [-0.25, -0.2) is 23.7 Å². The van der Waals surface area contributed by atoms with Crippen LogP contribution in [-0.2, 0) is 30.9 Å². The van der Waals surface area contributed by atoms with Crippen molar-refractivity contribution < 1.29 is 31.9 Å². The summed E-state index contributed by atoms with van der Waals surface area (Å²) in [5, 5.41) is 0.187. The number of amides is 1. The van der Waals surface area contributed by atoms with E-state index in [9.17, 15) is 22.4 Å². The highest BCUT2D eigenvalue weighted by atomic mass is 35.5. The van der Waals surface area contributed by atoms with Crippen molar-refractivity contribution in [3.05, 3.63) is 57.2 Å². The highest BCUT2D eigenvalue weighted by Crippen LogP contribution is 2.38. The molecule has 1 aromatic rings. The van der Waals surface area contributed by atoms with Crippen LogP contribution >= 0.6 is 11.6 Å².